The second kappa shape index (κ2) is 8.57. The molecule has 8 nitrogen and oxygen atoms in total. The summed E-state index contributed by atoms with van der Waals surface area (Å²) in [7, 11) is 0. The number of tetrazole rings is 1. The van der Waals surface area contributed by atoms with Crippen molar-refractivity contribution in [1.29, 1.82) is 0 Å². The number of likely N-dealkylation sites (N-methyl/N-ethyl adjacent to an activating group) is 1. The molecule has 4 rings (SSSR count). The monoisotopic (exact) mass is 397 g/mol. The maximum absolute atomic E-state index is 13.0. The molecule has 0 bridgehead atoms. The van der Waals surface area contributed by atoms with Crippen LogP contribution in [0.2, 0.25) is 0 Å². The average Bonchev–Trinajstić information content (AvgIpc) is 3.49. The SMILES string of the molecule is CCN(CC)[C@@]1(c2nnnn2C2CCCC2)CCN(C(=O)Cc2ccncc2)C1. The van der Waals surface area contributed by atoms with E-state index >= 15 is 0 Å². The summed E-state index contributed by atoms with van der Waals surface area (Å²) in [6.45, 7) is 7.54. The minimum atomic E-state index is -0.316. The Labute approximate surface area is 172 Å². The van der Waals surface area contributed by atoms with Crippen LogP contribution in [0, 0.1) is 0 Å². The predicted molar refractivity (Wildman–Crippen MR) is 109 cm³/mol. The van der Waals surface area contributed by atoms with Crippen LogP contribution < -0.4 is 0 Å². The first-order chi connectivity index (χ1) is 14.2. The standard InChI is InChI=1S/C21H31N7O/c1-3-27(4-2)21(20-23-24-25-28(20)18-7-5-6-8-18)11-14-26(16-21)19(29)15-17-9-12-22-13-10-17/h9-10,12-13,18H,3-8,11,14-16H2,1-2H3/t21-/m0/s1. The van der Waals surface area contributed by atoms with Gasteiger partial charge in [-0.1, -0.05) is 26.7 Å². The Morgan fingerprint density at radius 1 is 1.21 bits per heavy atom. The van der Waals surface area contributed by atoms with Crippen molar-refractivity contribution in [3.05, 3.63) is 35.9 Å². The number of carbonyl (C=O) groups excluding carboxylic acids is 1. The summed E-state index contributed by atoms with van der Waals surface area (Å²) in [6.07, 6.45) is 9.49. The third kappa shape index (κ3) is 3.77. The molecular weight excluding hydrogens is 366 g/mol. The highest BCUT2D eigenvalue weighted by atomic mass is 16.2. The third-order valence-corrected chi connectivity index (χ3v) is 6.65. The molecule has 29 heavy (non-hydrogen) atoms. The van der Waals surface area contributed by atoms with Crippen LogP contribution in [0.3, 0.4) is 0 Å². The number of carbonyl (C=O) groups is 1. The fraction of sp³-hybridized carbons (Fsp3) is 0.667. The summed E-state index contributed by atoms with van der Waals surface area (Å²) in [4.78, 5) is 21.5. The minimum absolute atomic E-state index is 0.158. The summed E-state index contributed by atoms with van der Waals surface area (Å²) in [6, 6.07) is 4.20. The second-order valence-corrected chi connectivity index (χ2v) is 8.19. The third-order valence-electron chi connectivity index (χ3n) is 6.65. The van der Waals surface area contributed by atoms with Crippen molar-refractivity contribution in [2.24, 2.45) is 0 Å². The van der Waals surface area contributed by atoms with E-state index in [9.17, 15) is 4.79 Å². The van der Waals surface area contributed by atoms with Crippen LogP contribution >= 0.6 is 0 Å². The lowest BCUT2D eigenvalue weighted by Crippen LogP contribution is -2.50. The number of hydrogen-bond acceptors (Lipinski definition) is 6. The largest absolute Gasteiger partial charge is 0.340 e. The predicted octanol–water partition coefficient (Wildman–Crippen LogP) is 2.20. The number of likely N-dealkylation sites (tertiary alicyclic amines) is 1. The van der Waals surface area contributed by atoms with Gasteiger partial charge >= 0.3 is 0 Å². The molecule has 3 heterocycles. The Morgan fingerprint density at radius 2 is 1.93 bits per heavy atom. The Hall–Kier alpha value is -2.35. The summed E-state index contributed by atoms with van der Waals surface area (Å²) in [5.41, 5.74) is 0.685. The number of hydrogen-bond donors (Lipinski definition) is 0. The molecule has 0 radical (unpaired) electrons. The summed E-state index contributed by atoms with van der Waals surface area (Å²) in [5.74, 6) is 1.09. The lowest BCUT2D eigenvalue weighted by Gasteiger charge is -2.39. The quantitative estimate of drug-likeness (QED) is 0.713. The Morgan fingerprint density at radius 3 is 2.62 bits per heavy atom. The first kappa shape index (κ1) is 19.9. The highest BCUT2D eigenvalue weighted by molar-refractivity contribution is 5.79. The minimum Gasteiger partial charge on any atom is -0.340 e. The van der Waals surface area contributed by atoms with Gasteiger partial charge in [0.05, 0.1) is 12.5 Å². The first-order valence-corrected chi connectivity index (χ1v) is 10.9. The second-order valence-electron chi connectivity index (χ2n) is 8.19. The number of aromatic nitrogens is 5. The van der Waals surface area contributed by atoms with Crippen LogP contribution in [-0.4, -0.2) is 67.1 Å². The van der Waals surface area contributed by atoms with Crippen LogP contribution in [0.25, 0.3) is 0 Å². The van der Waals surface area contributed by atoms with Crippen LogP contribution in [0.5, 0.6) is 0 Å². The Kier molecular flexibility index (Phi) is 5.89. The van der Waals surface area contributed by atoms with E-state index in [2.05, 4.69) is 43.9 Å². The van der Waals surface area contributed by atoms with Gasteiger partial charge in [-0.05, 0) is 60.5 Å². The average molecular weight is 398 g/mol. The Balaban J connectivity index is 1.61. The molecule has 156 valence electrons. The van der Waals surface area contributed by atoms with Crippen molar-refractivity contribution < 1.29 is 4.79 Å². The van der Waals surface area contributed by atoms with Gasteiger partial charge in [-0.3, -0.25) is 14.7 Å². The molecule has 1 amide bonds. The lowest BCUT2D eigenvalue weighted by molar-refractivity contribution is -0.130. The highest BCUT2D eigenvalue weighted by Crippen LogP contribution is 2.39. The maximum Gasteiger partial charge on any atom is 0.227 e. The zero-order valence-electron chi connectivity index (χ0n) is 17.5. The summed E-state index contributed by atoms with van der Waals surface area (Å²) in [5, 5.41) is 13.0. The number of nitrogens with zero attached hydrogens (tertiary/aromatic N) is 7. The number of pyridine rings is 1. The van der Waals surface area contributed by atoms with Crippen LogP contribution in [0.1, 0.15) is 63.4 Å². The molecule has 1 atom stereocenters. The van der Waals surface area contributed by atoms with E-state index in [4.69, 9.17) is 0 Å². The fourth-order valence-corrected chi connectivity index (χ4v) is 5.10. The van der Waals surface area contributed by atoms with Gasteiger partial charge in [0, 0.05) is 25.5 Å². The van der Waals surface area contributed by atoms with Crippen molar-refractivity contribution >= 4 is 5.91 Å². The van der Waals surface area contributed by atoms with Crippen molar-refractivity contribution in [2.75, 3.05) is 26.2 Å². The maximum atomic E-state index is 13.0. The molecule has 0 spiro atoms. The van der Waals surface area contributed by atoms with Gasteiger partial charge in [0.2, 0.25) is 5.91 Å². The van der Waals surface area contributed by atoms with Gasteiger partial charge in [0.1, 0.15) is 5.54 Å². The normalized spacial score (nSPS) is 22.7. The highest BCUT2D eigenvalue weighted by Gasteiger charge is 2.49. The van der Waals surface area contributed by atoms with E-state index in [1.807, 2.05) is 17.0 Å². The molecule has 2 aromatic heterocycles. The van der Waals surface area contributed by atoms with Crippen molar-refractivity contribution in [1.82, 2.24) is 35.0 Å². The number of rotatable bonds is 7. The van der Waals surface area contributed by atoms with Crippen LogP contribution in [-0.2, 0) is 16.8 Å². The van der Waals surface area contributed by atoms with Crippen molar-refractivity contribution in [3.63, 3.8) is 0 Å². The molecule has 0 aromatic carbocycles. The number of amides is 1. The first-order valence-electron chi connectivity index (χ1n) is 10.9. The molecule has 1 saturated carbocycles. The van der Waals surface area contributed by atoms with Gasteiger partial charge in [-0.25, -0.2) is 4.68 Å². The van der Waals surface area contributed by atoms with Crippen molar-refractivity contribution in [3.8, 4) is 0 Å². The molecule has 1 aliphatic carbocycles. The topological polar surface area (TPSA) is 80.0 Å². The van der Waals surface area contributed by atoms with Gasteiger partial charge < -0.3 is 4.90 Å². The molecule has 2 fully saturated rings. The van der Waals surface area contributed by atoms with E-state index in [1.54, 1.807) is 12.4 Å². The summed E-state index contributed by atoms with van der Waals surface area (Å²) >= 11 is 0. The van der Waals surface area contributed by atoms with Gasteiger partial charge in [-0.2, -0.15) is 0 Å². The van der Waals surface area contributed by atoms with E-state index in [0.29, 0.717) is 19.0 Å². The van der Waals surface area contributed by atoms with Gasteiger partial charge in [-0.15, -0.1) is 5.10 Å². The zero-order chi connectivity index (χ0) is 20.3. The molecule has 0 N–H and O–H groups in total. The fourth-order valence-electron chi connectivity index (χ4n) is 5.10. The smallest absolute Gasteiger partial charge is 0.227 e. The van der Waals surface area contributed by atoms with Gasteiger partial charge in [0.15, 0.2) is 5.82 Å². The molecular formula is C21H31N7O. The molecule has 1 aliphatic heterocycles. The lowest BCUT2D eigenvalue weighted by atomic mass is 9.94. The Bertz CT molecular complexity index is 813. The van der Waals surface area contributed by atoms with Crippen LogP contribution in [0.4, 0.5) is 0 Å². The summed E-state index contributed by atoms with van der Waals surface area (Å²) < 4.78 is 2.07. The molecule has 8 heteroatoms. The van der Waals surface area contributed by atoms with E-state index in [1.165, 1.54) is 12.8 Å². The van der Waals surface area contributed by atoms with Crippen molar-refractivity contribution in [2.45, 2.75) is 64.0 Å². The van der Waals surface area contributed by atoms with Crippen LogP contribution in [0.15, 0.2) is 24.5 Å². The molecule has 2 aliphatic rings. The molecule has 2 aromatic rings. The van der Waals surface area contributed by atoms with E-state index in [-0.39, 0.29) is 11.4 Å². The van der Waals surface area contributed by atoms with E-state index in [0.717, 1.165) is 50.3 Å². The molecule has 0 unspecified atom stereocenters. The zero-order valence-corrected chi connectivity index (χ0v) is 17.5. The van der Waals surface area contributed by atoms with Gasteiger partial charge in [0.25, 0.3) is 0 Å². The van der Waals surface area contributed by atoms with E-state index < -0.39 is 0 Å². The molecule has 1 saturated heterocycles.